The average molecular weight is 276 g/mol. The Balaban J connectivity index is 2.15. The molecule has 2 amide bonds. The van der Waals surface area contributed by atoms with Crippen LogP contribution in [0.2, 0.25) is 0 Å². The van der Waals surface area contributed by atoms with Crippen LogP contribution < -0.4 is 16.4 Å². The summed E-state index contributed by atoms with van der Waals surface area (Å²) in [5, 5.41) is 7.09. The first-order valence-electron chi connectivity index (χ1n) is 5.44. The van der Waals surface area contributed by atoms with Crippen molar-refractivity contribution in [3.63, 3.8) is 0 Å². The first-order valence-corrected chi connectivity index (χ1v) is 6.32. The van der Waals surface area contributed by atoms with E-state index in [0.717, 1.165) is 0 Å². The number of nitrogens with one attached hydrogen (secondary N) is 2. The lowest BCUT2D eigenvalue weighted by Crippen LogP contribution is -2.18. The maximum Gasteiger partial charge on any atom is 0.275 e. The van der Waals surface area contributed by atoms with Crippen LogP contribution in [-0.2, 0) is 0 Å². The van der Waals surface area contributed by atoms with E-state index in [0.29, 0.717) is 16.4 Å². The fourth-order valence-electron chi connectivity index (χ4n) is 1.47. The molecule has 0 aliphatic rings. The smallest absolute Gasteiger partial charge is 0.275 e. The standard InChI is InChI=1S/C12H12N4O2S/c1-14-10(17)7-3-2-4-8(5-7)15-11(18)9-6-19-12(13)16-9/h2-6H,1H3,(H2,13,16)(H,14,17)(H,15,18). The third-order valence-electron chi connectivity index (χ3n) is 2.36. The van der Waals surface area contributed by atoms with E-state index in [1.807, 2.05) is 0 Å². The molecule has 2 aromatic rings. The summed E-state index contributed by atoms with van der Waals surface area (Å²) in [6.45, 7) is 0. The lowest BCUT2D eigenvalue weighted by molar-refractivity contribution is 0.0961. The third kappa shape index (κ3) is 3.08. The van der Waals surface area contributed by atoms with E-state index in [9.17, 15) is 9.59 Å². The zero-order valence-electron chi connectivity index (χ0n) is 10.1. The maximum absolute atomic E-state index is 11.9. The molecular weight excluding hydrogens is 264 g/mol. The number of carbonyl (C=O) groups is 2. The van der Waals surface area contributed by atoms with Crippen LogP contribution >= 0.6 is 11.3 Å². The van der Waals surface area contributed by atoms with Crippen LogP contribution in [0.4, 0.5) is 10.8 Å². The monoisotopic (exact) mass is 276 g/mol. The van der Waals surface area contributed by atoms with Crippen molar-refractivity contribution in [3.8, 4) is 0 Å². The second kappa shape index (κ2) is 5.49. The van der Waals surface area contributed by atoms with Gasteiger partial charge in [0.05, 0.1) is 0 Å². The number of benzene rings is 1. The molecule has 0 aliphatic carbocycles. The SMILES string of the molecule is CNC(=O)c1cccc(NC(=O)c2csc(N)n2)c1. The molecule has 0 unspecified atom stereocenters. The highest BCUT2D eigenvalue weighted by atomic mass is 32.1. The largest absolute Gasteiger partial charge is 0.375 e. The van der Waals surface area contributed by atoms with Crippen LogP contribution in [0.1, 0.15) is 20.8 Å². The number of carbonyl (C=O) groups excluding carboxylic acids is 2. The molecule has 1 heterocycles. The van der Waals surface area contributed by atoms with Gasteiger partial charge in [0, 0.05) is 23.7 Å². The molecule has 0 radical (unpaired) electrons. The van der Waals surface area contributed by atoms with Gasteiger partial charge in [-0.1, -0.05) is 6.07 Å². The van der Waals surface area contributed by atoms with Crippen molar-refractivity contribution in [3.05, 3.63) is 40.9 Å². The fourth-order valence-corrected chi connectivity index (χ4v) is 2.01. The summed E-state index contributed by atoms with van der Waals surface area (Å²) < 4.78 is 0. The Morgan fingerprint density at radius 3 is 2.74 bits per heavy atom. The summed E-state index contributed by atoms with van der Waals surface area (Å²) in [7, 11) is 1.55. The molecule has 0 aliphatic heterocycles. The number of rotatable bonds is 3. The van der Waals surface area contributed by atoms with Crippen molar-refractivity contribution in [2.75, 3.05) is 18.1 Å². The van der Waals surface area contributed by atoms with Crippen molar-refractivity contribution in [1.82, 2.24) is 10.3 Å². The maximum atomic E-state index is 11.9. The van der Waals surface area contributed by atoms with Gasteiger partial charge in [-0.25, -0.2) is 4.98 Å². The number of hydrogen-bond donors (Lipinski definition) is 3. The summed E-state index contributed by atoms with van der Waals surface area (Å²) in [5.74, 6) is -0.573. The van der Waals surface area contributed by atoms with Gasteiger partial charge in [0.1, 0.15) is 5.69 Å². The summed E-state index contributed by atoms with van der Waals surface area (Å²) in [5.41, 5.74) is 6.72. The minimum Gasteiger partial charge on any atom is -0.375 e. The normalized spacial score (nSPS) is 9.95. The van der Waals surface area contributed by atoms with E-state index in [1.54, 1.807) is 36.7 Å². The molecule has 0 saturated heterocycles. The molecule has 1 aromatic heterocycles. The molecule has 2 rings (SSSR count). The predicted molar refractivity (Wildman–Crippen MR) is 74.3 cm³/mol. The summed E-state index contributed by atoms with van der Waals surface area (Å²) in [6.07, 6.45) is 0. The Labute approximate surface area is 113 Å². The zero-order chi connectivity index (χ0) is 13.8. The number of hydrogen-bond acceptors (Lipinski definition) is 5. The molecule has 0 bridgehead atoms. The summed E-state index contributed by atoms with van der Waals surface area (Å²) >= 11 is 1.20. The minimum absolute atomic E-state index is 0.214. The second-order valence-corrected chi connectivity index (χ2v) is 4.57. The van der Waals surface area contributed by atoms with Gasteiger partial charge in [-0.15, -0.1) is 11.3 Å². The second-order valence-electron chi connectivity index (χ2n) is 3.69. The molecule has 1 aromatic carbocycles. The molecule has 4 N–H and O–H groups in total. The van der Waals surface area contributed by atoms with E-state index in [2.05, 4.69) is 15.6 Å². The highest BCUT2D eigenvalue weighted by Gasteiger charge is 2.11. The van der Waals surface area contributed by atoms with Crippen LogP contribution in [-0.4, -0.2) is 23.8 Å². The van der Waals surface area contributed by atoms with Crippen LogP contribution in [0.25, 0.3) is 0 Å². The van der Waals surface area contributed by atoms with Gasteiger partial charge in [0.2, 0.25) is 0 Å². The van der Waals surface area contributed by atoms with Crippen molar-refractivity contribution < 1.29 is 9.59 Å². The Bertz CT molecular complexity index is 624. The van der Waals surface area contributed by atoms with Crippen LogP contribution in [0.3, 0.4) is 0 Å². The van der Waals surface area contributed by atoms with Crippen LogP contribution in [0.5, 0.6) is 0 Å². The van der Waals surface area contributed by atoms with E-state index >= 15 is 0 Å². The number of anilines is 2. The molecule has 0 spiro atoms. The first-order chi connectivity index (χ1) is 9.10. The first kappa shape index (κ1) is 13.0. The molecule has 0 fully saturated rings. The van der Waals surface area contributed by atoms with Gasteiger partial charge in [-0.3, -0.25) is 9.59 Å². The molecule has 0 atom stereocenters. The molecule has 0 saturated carbocycles. The number of nitrogens with zero attached hydrogens (tertiary/aromatic N) is 1. The Morgan fingerprint density at radius 1 is 1.32 bits per heavy atom. The number of nitrogen functional groups attached to an aromatic ring is 1. The molecule has 98 valence electrons. The Morgan fingerprint density at radius 2 is 2.11 bits per heavy atom. The average Bonchev–Trinajstić information content (AvgIpc) is 2.85. The molecule has 7 heteroatoms. The van der Waals surface area contributed by atoms with Crippen molar-refractivity contribution in [1.29, 1.82) is 0 Å². The fraction of sp³-hybridized carbons (Fsp3) is 0.0833. The minimum atomic E-state index is -0.359. The highest BCUT2D eigenvalue weighted by molar-refractivity contribution is 7.13. The number of nitrogens with two attached hydrogens (primary N) is 1. The van der Waals surface area contributed by atoms with E-state index in [1.165, 1.54) is 11.3 Å². The lowest BCUT2D eigenvalue weighted by Gasteiger charge is -2.05. The van der Waals surface area contributed by atoms with Gasteiger partial charge in [-0.2, -0.15) is 0 Å². The predicted octanol–water partition coefficient (Wildman–Crippen LogP) is 1.34. The van der Waals surface area contributed by atoms with Gasteiger partial charge < -0.3 is 16.4 Å². The molecule has 19 heavy (non-hydrogen) atoms. The van der Waals surface area contributed by atoms with E-state index in [4.69, 9.17) is 5.73 Å². The van der Waals surface area contributed by atoms with Gasteiger partial charge >= 0.3 is 0 Å². The van der Waals surface area contributed by atoms with Crippen LogP contribution in [0.15, 0.2) is 29.6 Å². The van der Waals surface area contributed by atoms with Crippen molar-refractivity contribution >= 4 is 34.0 Å². The van der Waals surface area contributed by atoms with Crippen LogP contribution in [0, 0.1) is 0 Å². The van der Waals surface area contributed by atoms with E-state index in [-0.39, 0.29) is 17.5 Å². The Hall–Kier alpha value is -2.41. The summed E-state index contributed by atoms with van der Waals surface area (Å²) in [4.78, 5) is 27.2. The molecule has 6 nitrogen and oxygen atoms in total. The van der Waals surface area contributed by atoms with Gasteiger partial charge in [-0.05, 0) is 18.2 Å². The van der Waals surface area contributed by atoms with Gasteiger partial charge in [0.25, 0.3) is 11.8 Å². The Kier molecular flexibility index (Phi) is 3.76. The zero-order valence-corrected chi connectivity index (χ0v) is 11.0. The third-order valence-corrected chi connectivity index (χ3v) is 3.04. The summed E-state index contributed by atoms with van der Waals surface area (Å²) in [6, 6.07) is 6.64. The van der Waals surface area contributed by atoms with Gasteiger partial charge in [0.15, 0.2) is 5.13 Å². The topological polar surface area (TPSA) is 97.1 Å². The quantitative estimate of drug-likeness (QED) is 0.788. The number of aromatic nitrogens is 1. The number of amides is 2. The van der Waals surface area contributed by atoms with Crippen molar-refractivity contribution in [2.45, 2.75) is 0 Å². The highest BCUT2D eigenvalue weighted by Crippen LogP contribution is 2.15. The van der Waals surface area contributed by atoms with E-state index < -0.39 is 0 Å². The molecular formula is C12H12N4O2S. The lowest BCUT2D eigenvalue weighted by atomic mass is 10.2. The number of thiazole rings is 1. The van der Waals surface area contributed by atoms with Crippen molar-refractivity contribution in [2.24, 2.45) is 0 Å².